The molecule has 3 nitrogen and oxygen atoms in total. The molecule has 1 aliphatic heterocycles. The first-order chi connectivity index (χ1) is 14.3. The van der Waals surface area contributed by atoms with E-state index in [9.17, 15) is 4.79 Å². The lowest BCUT2D eigenvalue weighted by molar-refractivity contribution is -0.119. The SMILES string of the molecule is CC(C)(N[C@H]1C[C@@H](c2cccc(Cl)c2)N(c2ccc(Cl)cc2)C1=O)c1ccccc1. The molecule has 3 aromatic carbocycles. The predicted octanol–water partition coefficient (Wildman–Crippen LogP) is 6.36. The fourth-order valence-electron chi connectivity index (χ4n) is 4.15. The maximum Gasteiger partial charge on any atom is 0.244 e. The molecule has 3 aromatic rings. The number of carbonyl (C=O) groups is 1. The van der Waals surface area contributed by atoms with Crippen molar-refractivity contribution in [1.82, 2.24) is 5.32 Å². The van der Waals surface area contributed by atoms with Crippen molar-refractivity contribution in [2.24, 2.45) is 0 Å². The largest absolute Gasteiger partial charge is 0.304 e. The molecule has 5 heteroatoms. The van der Waals surface area contributed by atoms with Gasteiger partial charge < -0.3 is 4.90 Å². The molecule has 1 N–H and O–H groups in total. The molecule has 0 bridgehead atoms. The highest BCUT2D eigenvalue weighted by molar-refractivity contribution is 6.31. The van der Waals surface area contributed by atoms with Gasteiger partial charge in [-0.2, -0.15) is 0 Å². The van der Waals surface area contributed by atoms with E-state index in [-0.39, 0.29) is 23.5 Å². The minimum Gasteiger partial charge on any atom is -0.304 e. The number of rotatable bonds is 5. The second kappa shape index (κ2) is 8.43. The first-order valence-corrected chi connectivity index (χ1v) is 10.8. The van der Waals surface area contributed by atoms with Crippen LogP contribution in [0.25, 0.3) is 0 Å². The number of halogens is 2. The number of benzene rings is 3. The van der Waals surface area contributed by atoms with Crippen molar-refractivity contribution in [1.29, 1.82) is 0 Å². The summed E-state index contributed by atoms with van der Waals surface area (Å²) >= 11 is 12.3. The van der Waals surface area contributed by atoms with Crippen LogP contribution in [0.15, 0.2) is 78.9 Å². The van der Waals surface area contributed by atoms with Crippen molar-refractivity contribution in [2.45, 2.75) is 37.9 Å². The number of amides is 1. The Balaban J connectivity index is 1.68. The van der Waals surface area contributed by atoms with Crippen LogP contribution in [-0.4, -0.2) is 11.9 Å². The van der Waals surface area contributed by atoms with Crippen LogP contribution in [0.4, 0.5) is 5.69 Å². The smallest absolute Gasteiger partial charge is 0.244 e. The maximum absolute atomic E-state index is 13.6. The van der Waals surface area contributed by atoms with Gasteiger partial charge in [0.25, 0.3) is 0 Å². The first-order valence-electron chi connectivity index (χ1n) is 10.0. The van der Waals surface area contributed by atoms with Crippen molar-refractivity contribution < 1.29 is 4.79 Å². The summed E-state index contributed by atoms with van der Waals surface area (Å²) in [6.45, 7) is 4.21. The van der Waals surface area contributed by atoms with Crippen LogP contribution in [0.2, 0.25) is 10.0 Å². The molecular weight excluding hydrogens is 415 g/mol. The van der Waals surface area contributed by atoms with Gasteiger partial charge in [-0.1, -0.05) is 65.7 Å². The molecule has 1 heterocycles. The van der Waals surface area contributed by atoms with E-state index in [4.69, 9.17) is 23.2 Å². The van der Waals surface area contributed by atoms with Crippen molar-refractivity contribution in [3.05, 3.63) is 100 Å². The second-order valence-corrected chi connectivity index (χ2v) is 9.05. The molecule has 0 spiro atoms. The van der Waals surface area contributed by atoms with Crippen molar-refractivity contribution in [2.75, 3.05) is 4.90 Å². The Morgan fingerprint density at radius 1 is 0.900 bits per heavy atom. The van der Waals surface area contributed by atoms with Crippen LogP contribution >= 0.6 is 23.2 Å². The average Bonchev–Trinajstić information content (AvgIpc) is 3.05. The van der Waals surface area contributed by atoms with Crippen LogP contribution in [0, 0.1) is 0 Å². The fraction of sp³-hybridized carbons (Fsp3) is 0.240. The number of carbonyl (C=O) groups excluding carboxylic acids is 1. The third-order valence-corrected chi connectivity index (χ3v) is 6.16. The highest BCUT2D eigenvalue weighted by atomic mass is 35.5. The van der Waals surface area contributed by atoms with E-state index in [1.165, 1.54) is 0 Å². The molecule has 30 heavy (non-hydrogen) atoms. The van der Waals surface area contributed by atoms with Gasteiger partial charge in [0.05, 0.1) is 12.1 Å². The molecule has 2 atom stereocenters. The van der Waals surface area contributed by atoms with Crippen LogP contribution in [-0.2, 0) is 10.3 Å². The minimum absolute atomic E-state index is 0.0475. The van der Waals surface area contributed by atoms with Gasteiger partial charge in [0.2, 0.25) is 5.91 Å². The summed E-state index contributed by atoms with van der Waals surface area (Å²) in [5.74, 6) is 0.0475. The fourth-order valence-corrected chi connectivity index (χ4v) is 4.48. The molecular formula is C25H24Cl2N2O. The molecule has 154 valence electrons. The number of nitrogens with one attached hydrogen (secondary N) is 1. The lowest BCUT2D eigenvalue weighted by Crippen LogP contribution is -2.47. The molecule has 4 rings (SSSR count). The minimum atomic E-state index is -0.351. The van der Waals surface area contributed by atoms with Crippen molar-refractivity contribution >= 4 is 34.8 Å². The number of anilines is 1. The Bertz CT molecular complexity index is 1030. The maximum atomic E-state index is 13.6. The molecule has 0 aliphatic carbocycles. The van der Waals surface area contributed by atoms with Crippen LogP contribution < -0.4 is 10.2 Å². The van der Waals surface area contributed by atoms with Crippen LogP contribution in [0.1, 0.15) is 37.4 Å². The predicted molar refractivity (Wildman–Crippen MR) is 124 cm³/mol. The number of hydrogen-bond donors (Lipinski definition) is 1. The number of nitrogens with zero attached hydrogens (tertiary/aromatic N) is 1. The summed E-state index contributed by atoms with van der Waals surface area (Å²) in [5.41, 5.74) is 2.64. The Kier molecular flexibility index (Phi) is 5.88. The zero-order valence-corrected chi connectivity index (χ0v) is 18.5. The van der Waals surface area contributed by atoms with E-state index in [0.717, 1.165) is 16.8 Å². The third-order valence-electron chi connectivity index (χ3n) is 5.67. The zero-order valence-electron chi connectivity index (χ0n) is 17.0. The summed E-state index contributed by atoms with van der Waals surface area (Å²) in [6.07, 6.45) is 0.651. The summed E-state index contributed by atoms with van der Waals surface area (Å²) in [7, 11) is 0. The lowest BCUT2D eigenvalue weighted by atomic mass is 9.92. The molecule has 1 aliphatic rings. The van der Waals surface area contributed by atoms with E-state index in [2.05, 4.69) is 31.3 Å². The Labute approximate surface area is 187 Å². The van der Waals surface area contributed by atoms with Crippen molar-refractivity contribution in [3.63, 3.8) is 0 Å². The van der Waals surface area contributed by atoms with Gasteiger partial charge in [-0.05, 0) is 67.8 Å². The van der Waals surface area contributed by atoms with Crippen molar-refractivity contribution in [3.8, 4) is 0 Å². The number of hydrogen-bond acceptors (Lipinski definition) is 2. The van der Waals surface area contributed by atoms with E-state index < -0.39 is 0 Å². The molecule has 0 aromatic heterocycles. The van der Waals surface area contributed by atoms with Gasteiger partial charge >= 0.3 is 0 Å². The lowest BCUT2D eigenvalue weighted by Gasteiger charge is -2.30. The molecule has 1 amide bonds. The van der Waals surface area contributed by atoms with Crippen LogP contribution in [0.5, 0.6) is 0 Å². The summed E-state index contributed by atoms with van der Waals surface area (Å²) in [4.78, 5) is 15.4. The van der Waals surface area contributed by atoms with Gasteiger partial charge in [-0.3, -0.25) is 10.1 Å². The van der Waals surface area contributed by atoms with Gasteiger partial charge in [0.15, 0.2) is 0 Å². The monoisotopic (exact) mass is 438 g/mol. The summed E-state index contributed by atoms with van der Waals surface area (Å²) in [5, 5.41) is 4.90. The van der Waals surface area contributed by atoms with Gasteiger partial charge in [0.1, 0.15) is 0 Å². The van der Waals surface area contributed by atoms with E-state index in [1.807, 2.05) is 71.6 Å². The molecule has 0 radical (unpaired) electrons. The topological polar surface area (TPSA) is 32.3 Å². The Morgan fingerprint density at radius 2 is 1.60 bits per heavy atom. The van der Waals surface area contributed by atoms with E-state index in [1.54, 1.807) is 0 Å². The molecule has 1 fully saturated rings. The normalized spacial score (nSPS) is 19.3. The van der Waals surface area contributed by atoms with E-state index >= 15 is 0 Å². The molecule has 0 saturated carbocycles. The van der Waals surface area contributed by atoms with Gasteiger partial charge in [-0.15, -0.1) is 0 Å². The van der Waals surface area contributed by atoms with Gasteiger partial charge in [-0.25, -0.2) is 0 Å². The van der Waals surface area contributed by atoms with Crippen LogP contribution in [0.3, 0.4) is 0 Å². The average molecular weight is 439 g/mol. The second-order valence-electron chi connectivity index (χ2n) is 8.18. The molecule has 0 unspecified atom stereocenters. The zero-order chi connectivity index (χ0) is 21.3. The molecule has 1 saturated heterocycles. The first kappa shape index (κ1) is 20.9. The standard InChI is InChI=1S/C25H24Cl2N2O/c1-25(2,18-8-4-3-5-9-18)28-22-16-23(17-7-6-10-20(27)15-17)29(24(22)30)21-13-11-19(26)12-14-21/h3-15,22-23,28H,16H2,1-2H3/t22-,23-/m0/s1. The third kappa shape index (κ3) is 4.24. The van der Waals surface area contributed by atoms with E-state index in [0.29, 0.717) is 16.5 Å². The highest BCUT2D eigenvalue weighted by Gasteiger charge is 2.43. The quantitative estimate of drug-likeness (QED) is 0.501. The summed E-state index contributed by atoms with van der Waals surface area (Å²) < 4.78 is 0. The Hall–Kier alpha value is -2.33. The van der Waals surface area contributed by atoms with Gasteiger partial charge in [0, 0.05) is 21.3 Å². The highest BCUT2D eigenvalue weighted by Crippen LogP contribution is 2.39. The summed E-state index contributed by atoms with van der Waals surface area (Å²) in [6, 6.07) is 24.9. The Morgan fingerprint density at radius 3 is 2.27 bits per heavy atom.